The standard InChI is InChI=1S/C18H18O3/c1-20-17-10-8-15(9-11-17)13-16(18(19)21-2)12-14-6-4-3-5-7-14/h3-12H,13H2,1-2H3/b16-12-. The van der Waals surface area contributed by atoms with Crippen molar-refractivity contribution < 1.29 is 14.3 Å². The molecule has 0 atom stereocenters. The number of rotatable bonds is 5. The van der Waals surface area contributed by atoms with Crippen molar-refractivity contribution >= 4 is 12.0 Å². The second-order valence-corrected chi connectivity index (χ2v) is 4.60. The van der Waals surface area contributed by atoms with Crippen molar-refractivity contribution in [3.05, 3.63) is 71.3 Å². The summed E-state index contributed by atoms with van der Waals surface area (Å²) in [5, 5.41) is 0. The van der Waals surface area contributed by atoms with Gasteiger partial charge in [0, 0.05) is 12.0 Å². The molecule has 0 radical (unpaired) electrons. The van der Waals surface area contributed by atoms with Crippen LogP contribution in [-0.4, -0.2) is 20.2 Å². The van der Waals surface area contributed by atoms with E-state index in [1.807, 2.05) is 60.7 Å². The third kappa shape index (κ3) is 4.21. The van der Waals surface area contributed by atoms with Crippen LogP contribution in [0.2, 0.25) is 0 Å². The molecule has 2 aromatic carbocycles. The van der Waals surface area contributed by atoms with Gasteiger partial charge in [0.2, 0.25) is 0 Å². The van der Waals surface area contributed by atoms with Gasteiger partial charge in [-0.15, -0.1) is 0 Å². The first-order chi connectivity index (χ1) is 10.2. The number of esters is 1. The summed E-state index contributed by atoms with van der Waals surface area (Å²) in [4.78, 5) is 11.9. The summed E-state index contributed by atoms with van der Waals surface area (Å²) in [7, 11) is 3.03. The molecule has 3 heteroatoms. The van der Waals surface area contributed by atoms with E-state index in [0.29, 0.717) is 12.0 Å². The van der Waals surface area contributed by atoms with Gasteiger partial charge in [-0.05, 0) is 29.3 Å². The van der Waals surface area contributed by atoms with Gasteiger partial charge in [0.05, 0.1) is 14.2 Å². The molecule has 0 saturated heterocycles. The molecule has 0 amide bonds. The van der Waals surface area contributed by atoms with E-state index in [1.165, 1.54) is 7.11 Å². The monoisotopic (exact) mass is 282 g/mol. The van der Waals surface area contributed by atoms with E-state index in [0.717, 1.165) is 16.9 Å². The van der Waals surface area contributed by atoms with Gasteiger partial charge < -0.3 is 9.47 Å². The number of carbonyl (C=O) groups is 1. The Morgan fingerprint density at radius 3 is 2.24 bits per heavy atom. The maximum atomic E-state index is 11.9. The van der Waals surface area contributed by atoms with Crippen LogP contribution in [0.1, 0.15) is 11.1 Å². The lowest BCUT2D eigenvalue weighted by atomic mass is 10.0. The summed E-state index contributed by atoms with van der Waals surface area (Å²) in [5.74, 6) is 0.486. The van der Waals surface area contributed by atoms with Gasteiger partial charge in [-0.25, -0.2) is 4.79 Å². The summed E-state index contributed by atoms with van der Waals surface area (Å²) in [5.41, 5.74) is 2.63. The van der Waals surface area contributed by atoms with Gasteiger partial charge in [-0.1, -0.05) is 42.5 Å². The largest absolute Gasteiger partial charge is 0.497 e. The van der Waals surface area contributed by atoms with Gasteiger partial charge in [-0.3, -0.25) is 0 Å². The van der Waals surface area contributed by atoms with Crippen LogP contribution >= 0.6 is 0 Å². The quantitative estimate of drug-likeness (QED) is 0.622. The zero-order chi connectivity index (χ0) is 15.1. The first-order valence-corrected chi connectivity index (χ1v) is 6.70. The first-order valence-electron chi connectivity index (χ1n) is 6.70. The molecule has 0 N–H and O–H groups in total. The minimum absolute atomic E-state index is 0.310. The molecule has 2 rings (SSSR count). The Hall–Kier alpha value is -2.55. The zero-order valence-corrected chi connectivity index (χ0v) is 12.2. The van der Waals surface area contributed by atoms with E-state index >= 15 is 0 Å². The Morgan fingerprint density at radius 2 is 1.67 bits per heavy atom. The van der Waals surface area contributed by atoms with E-state index in [4.69, 9.17) is 9.47 Å². The van der Waals surface area contributed by atoms with Crippen molar-refractivity contribution in [2.24, 2.45) is 0 Å². The van der Waals surface area contributed by atoms with E-state index in [1.54, 1.807) is 7.11 Å². The second kappa shape index (κ2) is 7.29. The molecule has 0 spiro atoms. The highest BCUT2D eigenvalue weighted by Crippen LogP contribution is 2.17. The molecular formula is C18H18O3. The Kier molecular flexibility index (Phi) is 5.16. The summed E-state index contributed by atoms with van der Waals surface area (Å²) in [6.07, 6.45) is 2.38. The fourth-order valence-electron chi connectivity index (χ4n) is 2.03. The van der Waals surface area contributed by atoms with Gasteiger partial charge in [0.15, 0.2) is 0 Å². The van der Waals surface area contributed by atoms with E-state index < -0.39 is 0 Å². The first kappa shape index (κ1) is 14.9. The molecule has 0 unspecified atom stereocenters. The zero-order valence-electron chi connectivity index (χ0n) is 12.2. The number of carbonyl (C=O) groups excluding carboxylic acids is 1. The van der Waals surface area contributed by atoms with Crippen LogP contribution in [0.4, 0.5) is 0 Å². The van der Waals surface area contributed by atoms with Crippen molar-refractivity contribution in [1.82, 2.24) is 0 Å². The predicted molar refractivity (Wildman–Crippen MR) is 83.1 cm³/mol. The second-order valence-electron chi connectivity index (χ2n) is 4.60. The molecule has 0 fully saturated rings. The molecule has 0 bridgehead atoms. The molecule has 3 nitrogen and oxygen atoms in total. The molecule has 108 valence electrons. The number of ether oxygens (including phenoxy) is 2. The smallest absolute Gasteiger partial charge is 0.334 e. The molecule has 2 aromatic rings. The Balaban J connectivity index is 2.24. The van der Waals surface area contributed by atoms with Gasteiger partial charge in [-0.2, -0.15) is 0 Å². The van der Waals surface area contributed by atoms with Crippen LogP contribution in [0.15, 0.2) is 60.2 Å². The third-order valence-electron chi connectivity index (χ3n) is 3.14. The van der Waals surface area contributed by atoms with E-state index in [2.05, 4.69) is 0 Å². The van der Waals surface area contributed by atoms with Crippen molar-refractivity contribution in [3.8, 4) is 5.75 Å². The van der Waals surface area contributed by atoms with Crippen LogP contribution in [-0.2, 0) is 16.0 Å². The Morgan fingerprint density at radius 1 is 1.00 bits per heavy atom. The van der Waals surface area contributed by atoms with Crippen molar-refractivity contribution in [2.75, 3.05) is 14.2 Å². The average molecular weight is 282 g/mol. The highest BCUT2D eigenvalue weighted by atomic mass is 16.5. The van der Waals surface area contributed by atoms with Crippen LogP contribution < -0.4 is 4.74 Å². The van der Waals surface area contributed by atoms with Crippen molar-refractivity contribution in [1.29, 1.82) is 0 Å². The molecule has 0 heterocycles. The number of hydrogen-bond acceptors (Lipinski definition) is 3. The topological polar surface area (TPSA) is 35.5 Å². The number of benzene rings is 2. The lowest BCUT2D eigenvalue weighted by Crippen LogP contribution is -2.07. The Bertz CT molecular complexity index is 613. The van der Waals surface area contributed by atoms with Crippen LogP contribution in [0.5, 0.6) is 5.75 Å². The number of methoxy groups -OCH3 is 2. The van der Waals surface area contributed by atoms with Crippen molar-refractivity contribution in [2.45, 2.75) is 6.42 Å². The molecule has 0 aliphatic carbocycles. The molecule has 0 aromatic heterocycles. The molecule has 21 heavy (non-hydrogen) atoms. The minimum Gasteiger partial charge on any atom is -0.497 e. The lowest BCUT2D eigenvalue weighted by Gasteiger charge is -2.07. The van der Waals surface area contributed by atoms with E-state index in [9.17, 15) is 4.79 Å². The number of hydrogen-bond donors (Lipinski definition) is 0. The molecule has 0 saturated carbocycles. The predicted octanol–water partition coefficient (Wildman–Crippen LogP) is 3.49. The summed E-state index contributed by atoms with van der Waals surface area (Å²) in [6, 6.07) is 17.4. The van der Waals surface area contributed by atoms with Crippen LogP contribution in [0.3, 0.4) is 0 Å². The maximum absolute atomic E-state index is 11.9. The lowest BCUT2D eigenvalue weighted by molar-refractivity contribution is -0.136. The average Bonchev–Trinajstić information content (AvgIpc) is 2.55. The molecule has 0 aliphatic heterocycles. The maximum Gasteiger partial charge on any atom is 0.334 e. The van der Waals surface area contributed by atoms with Gasteiger partial charge >= 0.3 is 5.97 Å². The summed E-state index contributed by atoms with van der Waals surface area (Å²) < 4.78 is 10.0. The SMILES string of the molecule is COC(=O)/C(=C\c1ccccc1)Cc1ccc(OC)cc1. The fraction of sp³-hybridized carbons (Fsp3) is 0.167. The third-order valence-corrected chi connectivity index (χ3v) is 3.14. The van der Waals surface area contributed by atoms with Crippen molar-refractivity contribution in [3.63, 3.8) is 0 Å². The minimum atomic E-state index is -0.310. The molecular weight excluding hydrogens is 264 g/mol. The normalized spacial score (nSPS) is 11.0. The van der Waals surface area contributed by atoms with E-state index in [-0.39, 0.29) is 5.97 Å². The Labute approximate surface area is 124 Å². The highest BCUT2D eigenvalue weighted by molar-refractivity contribution is 5.94. The van der Waals surface area contributed by atoms with Gasteiger partial charge in [0.25, 0.3) is 0 Å². The van der Waals surface area contributed by atoms with Gasteiger partial charge in [0.1, 0.15) is 5.75 Å². The summed E-state index contributed by atoms with van der Waals surface area (Å²) >= 11 is 0. The summed E-state index contributed by atoms with van der Waals surface area (Å²) in [6.45, 7) is 0. The highest BCUT2D eigenvalue weighted by Gasteiger charge is 2.10. The van der Waals surface area contributed by atoms with Crippen LogP contribution in [0, 0.1) is 0 Å². The molecule has 0 aliphatic rings. The fourth-order valence-corrected chi connectivity index (χ4v) is 2.03. The van der Waals surface area contributed by atoms with Crippen LogP contribution in [0.25, 0.3) is 6.08 Å².